The number of thiophene rings is 1. The Hall–Kier alpha value is 0.110. The first-order valence-electron chi connectivity index (χ1n) is 1.61. The van der Waals surface area contributed by atoms with Crippen molar-refractivity contribution in [1.29, 1.82) is 0 Å². The predicted molar refractivity (Wildman–Crippen MR) is 30.8 cm³/mol. The Kier molecular flexibility index (Phi) is 1.44. The molecule has 0 saturated heterocycles. The highest BCUT2D eigenvalue weighted by atomic mass is 79.9. The van der Waals surface area contributed by atoms with Crippen LogP contribution in [0.2, 0.25) is 0 Å². The van der Waals surface area contributed by atoms with Gasteiger partial charge in [0.1, 0.15) is 0 Å². The van der Waals surface area contributed by atoms with Gasteiger partial charge in [-0.3, -0.25) is 0 Å². The monoisotopic (exact) mass is 179 g/mol. The Morgan fingerprint density at radius 3 is 2.71 bits per heavy atom. The van der Waals surface area contributed by atoms with E-state index in [4.69, 9.17) is 0 Å². The van der Waals surface area contributed by atoms with Gasteiger partial charge in [0.15, 0.2) is 5.82 Å². The maximum Gasteiger partial charge on any atom is 0.156 e. The summed E-state index contributed by atoms with van der Waals surface area (Å²) in [5.74, 6) is -0.301. The molecular formula is C4HBrFS. The third-order valence-corrected chi connectivity index (χ3v) is 2.05. The van der Waals surface area contributed by atoms with E-state index in [-0.39, 0.29) is 5.82 Å². The lowest BCUT2D eigenvalue weighted by molar-refractivity contribution is 0.625. The summed E-state index contributed by atoms with van der Waals surface area (Å²) in [6.07, 6.45) is 0. The van der Waals surface area contributed by atoms with Crippen LogP contribution in [0.4, 0.5) is 4.39 Å². The Bertz CT molecular complexity index is 144. The molecule has 0 saturated carbocycles. The Balaban J connectivity index is 3.12. The van der Waals surface area contributed by atoms with E-state index in [1.807, 2.05) is 0 Å². The van der Waals surface area contributed by atoms with E-state index in [1.165, 1.54) is 11.3 Å². The molecule has 0 amide bonds. The average molecular weight is 180 g/mol. The van der Waals surface area contributed by atoms with Crippen molar-refractivity contribution in [3.05, 3.63) is 21.1 Å². The molecule has 3 heteroatoms. The molecular weight excluding hydrogens is 179 g/mol. The molecule has 0 aliphatic heterocycles. The normalized spacial score (nSPS) is 9.43. The highest BCUT2D eigenvalue weighted by Crippen LogP contribution is 2.17. The largest absolute Gasteiger partial charge is 0.204 e. The first kappa shape index (κ1) is 5.25. The van der Waals surface area contributed by atoms with E-state index in [1.54, 1.807) is 5.38 Å². The van der Waals surface area contributed by atoms with Crippen LogP contribution < -0.4 is 0 Å². The highest BCUT2D eigenvalue weighted by Gasteiger charge is 1.95. The quantitative estimate of drug-likeness (QED) is 0.575. The summed E-state index contributed by atoms with van der Waals surface area (Å²) in [4.78, 5) is 0. The molecule has 1 aromatic rings. The minimum absolute atomic E-state index is 0.301. The summed E-state index contributed by atoms with van der Waals surface area (Å²) < 4.78 is 12.5. The van der Waals surface area contributed by atoms with Gasteiger partial charge in [0.25, 0.3) is 0 Å². The first-order chi connectivity index (χ1) is 3.30. The summed E-state index contributed by atoms with van der Waals surface area (Å²) in [5, 5.41) is 4.04. The van der Waals surface area contributed by atoms with Crippen molar-refractivity contribution in [2.75, 3.05) is 0 Å². The van der Waals surface area contributed by atoms with Gasteiger partial charge in [0, 0.05) is 5.38 Å². The van der Waals surface area contributed by atoms with Gasteiger partial charge in [0.2, 0.25) is 0 Å². The van der Waals surface area contributed by atoms with Crippen LogP contribution in [0.3, 0.4) is 0 Å². The molecule has 7 heavy (non-hydrogen) atoms. The van der Waals surface area contributed by atoms with E-state index in [9.17, 15) is 4.39 Å². The van der Waals surface area contributed by atoms with Gasteiger partial charge >= 0.3 is 0 Å². The van der Waals surface area contributed by atoms with Gasteiger partial charge in [-0.05, 0) is 15.9 Å². The molecule has 0 atom stereocenters. The van der Waals surface area contributed by atoms with Crippen molar-refractivity contribution < 1.29 is 4.39 Å². The zero-order valence-corrected chi connectivity index (χ0v) is 5.64. The van der Waals surface area contributed by atoms with E-state index in [0.29, 0.717) is 4.47 Å². The van der Waals surface area contributed by atoms with Crippen LogP contribution in [0, 0.1) is 11.2 Å². The van der Waals surface area contributed by atoms with Crippen molar-refractivity contribution in [3.63, 3.8) is 0 Å². The Morgan fingerprint density at radius 2 is 2.57 bits per heavy atom. The lowest BCUT2D eigenvalue weighted by Crippen LogP contribution is -1.58. The molecule has 1 rings (SSSR count). The molecule has 0 aromatic carbocycles. The maximum atomic E-state index is 12.0. The second-order valence-corrected chi connectivity index (χ2v) is 2.53. The first-order valence-corrected chi connectivity index (χ1v) is 3.28. The number of halogens is 2. The zero-order chi connectivity index (χ0) is 5.28. The van der Waals surface area contributed by atoms with E-state index < -0.39 is 0 Å². The minimum Gasteiger partial charge on any atom is -0.204 e. The number of hydrogen-bond acceptors (Lipinski definition) is 1. The van der Waals surface area contributed by atoms with Crippen LogP contribution in [-0.4, -0.2) is 0 Å². The van der Waals surface area contributed by atoms with Gasteiger partial charge in [0.05, 0.1) is 9.85 Å². The van der Waals surface area contributed by atoms with Crippen molar-refractivity contribution in [2.45, 2.75) is 0 Å². The topological polar surface area (TPSA) is 0 Å². The van der Waals surface area contributed by atoms with E-state index in [0.717, 1.165) is 0 Å². The van der Waals surface area contributed by atoms with Crippen LogP contribution in [0.5, 0.6) is 0 Å². The molecule has 0 aliphatic rings. The molecule has 1 aromatic heterocycles. The summed E-state index contributed by atoms with van der Waals surface area (Å²) >= 11 is 4.19. The van der Waals surface area contributed by atoms with Crippen molar-refractivity contribution in [2.24, 2.45) is 0 Å². The fraction of sp³-hybridized carbons (Fsp3) is 0. The van der Waals surface area contributed by atoms with Crippen molar-refractivity contribution in [3.8, 4) is 0 Å². The van der Waals surface area contributed by atoms with Gasteiger partial charge in [-0.25, -0.2) is 4.39 Å². The average Bonchev–Trinajstić information content (AvgIpc) is 1.91. The second-order valence-electron chi connectivity index (χ2n) is 1.000. The summed E-state index contributed by atoms with van der Waals surface area (Å²) in [7, 11) is 0. The second kappa shape index (κ2) is 1.92. The summed E-state index contributed by atoms with van der Waals surface area (Å²) in [6.45, 7) is 0. The van der Waals surface area contributed by atoms with Gasteiger partial charge in [-0.2, -0.15) is 0 Å². The Morgan fingerprint density at radius 1 is 1.86 bits per heavy atom. The van der Waals surface area contributed by atoms with Crippen LogP contribution in [0.1, 0.15) is 0 Å². The fourth-order valence-electron chi connectivity index (χ4n) is 0.233. The minimum atomic E-state index is -0.301. The van der Waals surface area contributed by atoms with Crippen LogP contribution in [-0.2, 0) is 0 Å². The fourth-order valence-corrected chi connectivity index (χ4v) is 1.22. The van der Waals surface area contributed by atoms with Crippen LogP contribution >= 0.6 is 27.3 Å². The van der Waals surface area contributed by atoms with Crippen LogP contribution in [0.15, 0.2) is 9.85 Å². The van der Waals surface area contributed by atoms with E-state index in [2.05, 4.69) is 21.3 Å². The smallest absolute Gasteiger partial charge is 0.156 e. The van der Waals surface area contributed by atoms with Gasteiger partial charge in [-0.15, -0.1) is 11.3 Å². The third kappa shape index (κ3) is 1.01. The summed E-state index contributed by atoms with van der Waals surface area (Å²) in [6, 6.07) is 0. The van der Waals surface area contributed by atoms with Crippen molar-refractivity contribution in [1.82, 2.24) is 0 Å². The van der Waals surface area contributed by atoms with Gasteiger partial charge in [-0.1, -0.05) is 0 Å². The zero-order valence-electron chi connectivity index (χ0n) is 3.24. The molecule has 0 N–H and O–H groups in total. The third-order valence-electron chi connectivity index (χ3n) is 0.521. The predicted octanol–water partition coefficient (Wildman–Crippen LogP) is 2.45. The molecule has 0 bridgehead atoms. The SMILES string of the molecule is Fc1[c]scc1Br. The molecule has 1 radical (unpaired) electrons. The van der Waals surface area contributed by atoms with E-state index >= 15 is 0 Å². The lowest BCUT2D eigenvalue weighted by atomic mass is 10.6. The molecule has 0 spiro atoms. The highest BCUT2D eigenvalue weighted by molar-refractivity contribution is 9.10. The maximum absolute atomic E-state index is 12.0. The molecule has 37 valence electrons. The summed E-state index contributed by atoms with van der Waals surface area (Å²) in [5.41, 5.74) is 0. The molecule has 0 nitrogen and oxygen atoms in total. The van der Waals surface area contributed by atoms with Crippen molar-refractivity contribution >= 4 is 27.3 Å². The Labute approximate surface area is 53.1 Å². The van der Waals surface area contributed by atoms with Gasteiger partial charge < -0.3 is 0 Å². The van der Waals surface area contributed by atoms with Crippen LogP contribution in [0.25, 0.3) is 0 Å². The lowest BCUT2D eigenvalue weighted by Gasteiger charge is -1.71. The molecule has 0 fully saturated rings. The molecule has 0 unspecified atom stereocenters. The molecule has 0 aliphatic carbocycles. The molecule has 1 heterocycles. The number of hydrogen-bond donors (Lipinski definition) is 0. The number of rotatable bonds is 0. The standard InChI is InChI=1S/C4HBrFS/c5-3-1-7-2-4(3)6/h1H.